The van der Waals surface area contributed by atoms with Crippen LogP contribution >= 0.6 is 0 Å². The zero-order valence-electron chi connectivity index (χ0n) is 8.46. The van der Waals surface area contributed by atoms with Gasteiger partial charge in [-0.25, -0.2) is 0 Å². The summed E-state index contributed by atoms with van der Waals surface area (Å²) in [7, 11) is 0. The summed E-state index contributed by atoms with van der Waals surface area (Å²) in [6.07, 6.45) is 0. The van der Waals surface area contributed by atoms with Gasteiger partial charge in [0.25, 0.3) is 0 Å². The van der Waals surface area contributed by atoms with Gasteiger partial charge in [-0.1, -0.05) is 13.0 Å². The lowest BCUT2D eigenvalue weighted by Gasteiger charge is -2.15. The van der Waals surface area contributed by atoms with Gasteiger partial charge in [-0.15, -0.1) is 0 Å². The largest absolute Gasteiger partial charge is 0.508 e. The molecule has 0 saturated heterocycles. The van der Waals surface area contributed by atoms with Gasteiger partial charge in [0, 0.05) is 5.56 Å². The van der Waals surface area contributed by atoms with Crippen molar-refractivity contribution in [2.75, 3.05) is 6.54 Å². The van der Waals surface area contributed by atoms with Crippen LogP contribution in [0.2, 0.25) is 0 Å². The van der Waals surface area contributed by atoms with E-state index < -0.39 is 0 Å². The lowest BCUT2D eigenvalue weighted by atomic mass is 9.93. The van der Waals surface area contributed by atoms with Crippen LogP contribution in [0.5, 0.6) is 5.75 Å². The molecule has 0 radical (unpaired) electrons. The molecule has 0 amide bonds. The molecular weight excluding hydrogens is 162 g/mol. The third kappa shape index (κ3) is 1.83. The molecule has 2 nitrogen and oxygen atoms in total. The molecule has 1 rings (SSSR count). The maximum atomic E-state index is 9.66. The zero-order chi connectivity index (χ0) is 10.0. The van der Waals surface area contributed by atoms with Crippen molar-refractivity contribution < 1.29 is 5.11 Å². The Hall–Kier alpha value is -1.02. The Labute approximate surface area is 79.4 Å². The van der Waals surface area contributed by atoms with E-state index in [0.29, 0.717) is 12.3 Å². The highest BCUT2D eigenvalue weighted by atomic mass is 16.3. The van der Waals surface area contributed by atoms with Crippen LogP contribution < -0.4 is 5.73 Å². The fourth-order valence-electron chi connectivity index (χ4n) is 1.56. The van der Waals surface area contributed by atoms with Crippen molar-refractivity contribution in [2.45, 2.75) is 26.7 Å². The van der Waals surface area contributed by atoms with E-state index in [9.17, 15) is 5.11 Å². The minimum absolute atomic E-state index is 0.222. The van der Waals surface area contributed by atoms with Crippen molar-refractivity contribution in [1.29, 1.82) is 0 Å². The van der Waals surface area contributed by atoms with E-state index in [2.05, 4.69) is 0 Å². The Balaban J connectivity index is 3.25. The molecule has 0 spiro atoms. The van der Waals surface area contributed by atoms with E-state index in [4.69, 9.17) is 5.73 Å². The quantitative estimate of drug-likeness (QED) is 0.730. The molecule has 1 unspecified atom stereocenters. The Morgan fingerprint density at radius 3 is 2.54 bits per heavy atom. The predicted octanol–water partition coefficient (Wildman–Crippen LogP) is 2.07. The molecule has 0 aliphatic heterocycles. The van der Waals surface area contributed by atoms with Gasteiger partial charge in [-0.2, -0.15) is 0 Å². The minimum Gasteiger partial charge on any atom is -0.508 e. The van der Waals surface area contributed by atoms with Crippen molar-refractivity contribution in [1.82, 2.24) is 0 Å². The van der Waals surface area contributed by atoms with Crippen LogP contribution in [0.3, 0.4) is 0 Å². The second-order valence-corrected chi connectivity index (χ2v) is 3.58. The van der Waals surface area contributed by atoms with Gasteiger partial charge < -0.3 is 10.8 Å². The van der Waals surface area contributed by atoms with Crippen molar-refractivity contribution in [2.24, 2.45) is 5.73 Å². The molecule has 0 fully saturated rings. The SMILES string of the molecule is Cc1ccc(O)c(C(C)CN)c1C. The smallest absolute Gasteiger partial charge is 0.119 e. The molecule has 0 aromatic heterocycles. The first-order valence-electron chi connectivity index (χ1n) is 4.57. The van der Waals surface area contributed by atoms with Gasteiger partial charge in [0.2, 0.25) is 0 Å². The molecule has 0 heterocycles. The van der Waals surface area contributed by atoms with Crippen LogP contribution in [0.25, 0.3) is 0 Å². The van der Waals surface area contributed by atoms with E-state index in [1.807, 2.05) is 26.8 Å². The molecule has 0 aliphatic carbocycles. The van der Waals surface area contributed by atoms with Crippen LogP contribution in [-0.4, -0.2) is 11.7 Å². The summed E-state index contributed by atoms with van der Waals surface area (Å²) in [5.74, 6) is 0.584. The summed E-state index contributed by atoms with van der Waals surface area (Å²) < 4.78 is 0. The summed E-state index contributed by atoms with van der Waals surface area (Å²) in [6.45, 7) is 6.66. The second-order valence-electron chi connectivity index (χ2n) is 3.58. The normalized spacial score (nSPS) is 12.9. The summed E-state index contributed by atoms with van der Waals surface area (Å²) in [6, 6.07) is 3.67. The fraction of sp³-hybridized carbons (Fsp3) is 0.455. The number of hydrogen-bond acceptors (Lipinski definition) is 2. The monoisotopic (exact) mass is 179 g/mol. The summed E-state index contributed by atoms with van der Waals surface area (Å²) in [5.41, 5.74) is 8.92. The van der Waals surface area contributed by atoms with Gasteiger partial charge in [-0.3, -0.25) is 0 Å². The van der Waals surface area contributed by atoms with Gasteiger partial charge in [0.05, 0.1) is 0 Å². The molecule has 3 N–H and O–H groups in total. The Bertz CT molecular complexity index is 307. The molecular formula is C11H17NO. The van der Waals surface area contributed by atoms with Gasteiger partial charge >= 0.3 is 0 Å². The number of hydrogen-bond donors (Lipinski definition) is 2. The Morgan fingerprint density at radius 2 is 2.00 bits per heavy atom. The van der Waals surface area contributed by atoms with E-state index in [1.54, 1.807) is 6.07 Å². The highest BCUT2D eigenvalue weighted by Gasteiger charge is 2.12. The zero-order valence-corrected chi connectivity index (χ0v) is 8.46. The Kier molecular flexibility index (Phi) is 2.94. The molecule has 1 aromatic carbocycles. The van der Waals surface area contributed by atoms with Crippen LogP contribution in [0, 0.1) is 13.8 Å². The second kappa shape index (κ2) is 3.79. The van der Waals surface area contributed by atoms with Crippen molar-refractivity contribution in [3.05, 3.63) is 28.8 Å². The van der Waals surface area contributed by atoms with Crippen molar-refractivity contribution in [3.8, 4) is 5.75 Å². The molecule has 13 heavy (non-hydrogen) atoms. The first-order chi connectivity index (χ1) is 6.07. The molecule has 0 bridgehead atoms. The van der Waals surface area contributed by atoms with Gasteiger partial charge in [0.15, 0.2) is 0 Å². The van der Waals surface area contributed by atoms with E-state index >= 15 is 0 Å². The highest BCUT2D eigenvalue weighted by Crippen LogP contribution is 2.29. The molecule has 1 atom stereocenters. The number of nitrogens with two attached hydrogens (primary N) is 1. The van der Waals surface area contributed by atoms with E-state index in [1.165, 1.54) is 5.56 Å². The maximum Gasteiger partial charge on any atom is 0.119 e. The third-order valence-electron chi connectivity index (χ3n) is 2.61. The van der Waals surface area contributed by atoms with Gasteiger partial charge in [-0.05, 0) is 43.5 Å². The van der Waals surface area contributed by atoms with E-state index in [-0.39, 0.29) is 5.92 Å². The molecule has 0 aliphatic rings. The number of phenols is 1. The summed E-state index contributed by atoms with van der Waals surface area (Å²) >= 11 is 0. The van der Waals surface area contributed by atoms with Crippen LogP contribution in [0.4, 0.5) is 0 Å². The van der Waals surface area contributed by atoms with Crippen LogP contribution in [0.15, 0.2) is 12.1 Å². The molecule has 72 valence electrons. The highest BCUT2D eigenvalue weighted by molar-refractivity contribution is 5.45. The first kappa shape index (κ1) is 10.1. The standard InChI is InChI=1S/C11H17NO/c1-7-4-5-10(13)11(9(7)3)8(2)6-12/h4-5,8,13H,6,12H2,1-3H3. The fourth-order valence-corrected chi connectivity index (χ4v) is 1.56. The summed E-state index contributed by atoms with van der Waals surface area (Å²) in [5, 5.41) is 9.66. The lowest BCUT2D eigenvalue weighted by molar-refractivity contribution is 0.462. The minimum atomic E-state index is 0.222. The maximum absolute atomic E-state index is 9.66. The number of benzene rings is 1. The first-order valence-corrected chi connectivity index (χ1v) is 4.57. The number of rotatable bonds is 2. The molecule has 2 heteroatoms. The molecule has 0 saturated carbocycles. The number of aryl methyl sites for hydroxylation is 1. The molecule has 1 aromatic rings. The summed E-state index contributed by atoms with van der Waals surface area (Å²) in [4.78, 5) is 0. The van der Waals surface area contributed by atoms with Crippen molar-refractivity contribution in [3.63, 3.8) is 0 Å². The Morgan fingerprint density at radius 1 is 1.38 bits per heavy atom. The lowest BCUT2D eigenvalue weighted by Crippen LogP contribution is -2.10. The number of aromatic hydroxyl groups is 1. The van der Waals surface area contributed by atoms with Crippen LogP contribution in [-0.2, 0) is 0 Å². The van der Waals surface area contributed by atoms with Crippen molar-refractivity contribution >= 4 is 0 Å². The predicted molar refractivity (Wildman–Crippen MR) is 55.1 cm³/mol. The van der Waals surface area contributed by atoms with Gasteiger partial charge in [0.1, 0.15) is 5.75 Å². The number of phenolic OH excluding ortho intramolecular Hbond substituents is 1. The van der Waals surface area contributed by atoms with Crippen LogP contribution in [0.1, 0.15) is 29.5 Å². The average molecular weight is 179 g/mol. The average Bonchev–Trinajstić information content (AvgIpc) is 2.12. The third-order valence-corrected chi connectivity index (χ3v) is 2.61. The van der Waals surface area contributed by atoms with E-state index in [0.717, 1.165) is 11.1 Å². The topological polar surface area (TPSA) is 46.2 Å².